The Morgan fingerprint density at radius 3 is 2.59 bits per heavy atom. The maximum absolute atomic E-state index is 10.8. The van der Waals surface area contributed by atoms with E-state index >= 15 is 0 Å². The molecule has 22 heavy (non-hydrogen) atoms. The zero-order chi connectivity index (χ0) is 16.1. The van der Waals surface area contributed by atoms with E-state index in [0.29, 0.717) is 11.8 Å². The molecule has 1 saturated carbocycles. The molecule has 2 N–H and O–H groups in total. The monoisotopic (exact) mass is 302 g/mol. The molecule has 2 aliphatic rings. The molecule has 4 atom stereocenters. The van der Waals surface area contributed by atoms with Crippen molar-refractivity contribution in [2.75, 3.05) is 6.61 Å². The molecular weight excluding hydrogens is 272 g/mol. The van der Waals surface area contributed by atoms with Crippen LogP contribution in [0.25, 0.3) is 0 Å². The minimum Gasteiger partial charge on any atom is -0.396 e. The first-order valence-corrected chi connectivity index (χ1v) is 8.75. The zero-order valence-electron chi connectivity index (χ0n) is 14.4. The number of fused-ring (bicyclic) bond motifs is 3. The number of aliphatic hydroxyl groups excluding tert-OH is 2. The number of hydrogen-bond acceptors (Lipinski definition) is 2. The van der Waals surface area contributed by atoms with Crippen LogP contribution in [-0.4, -0.2) is 22.9 Å². The van der Waals surface area contributed by atoms with Gasteiger partial charge in [-0.1, -0.05) is 45.9 Å². The summed E-state index contributed by atoms with van der Waals surface area (Å²) in [4.78, 5) is 0. The van der Waals surface area contributed by atoms with Crippen molar-refractivity contribution in [3.63, 3.8) is 0 Å². The van der Waals surface area contributed by atoms with E-state index in [1.54, 1.807) is 0 Å². The predicted molar refractivity (Wildman–Crippen MR) is 90.1 cm³/mol. The minimum atomic E-state index is -0.305. The Labute approximate surface area is 134 Å². The van der Waals surface area contributed by atoms with Crippen molar-refractivity contribution < 1.29 is 10.2 Å². The summed E-state index contributed by atoms with van der Waals surface area (Å²) in [5, 5.41) is 20.8. The second kappa shape index (κ2) is 5.35. The van der Waals surface area contributed by atoms with Crippen LogP contribution in [0.1, 0.15) is 69.6 Å². The molecule has 1 fully saturated rings. The van der Waals surface area contributed by atoms with Crippen LogP contribution in [-0.2, 0) is 11.8 Å². The molecule has 0 spiro atoms. The lowest BCUT2D eigenvalue weighted by Gasteiger charge is -2.57. The summed E-state index contributed by atoms with van der Waals surface area (Å²) < 4.78 is 0. The summed E-state index contributed by atoms with van der Waals surface area (Å²) in [6, 6.07) is 6.83. The van der Waals surface area contributed by atoms with Gasteiger partial charge in [0.25, 0.3) is 0 Å². The quantitative estimate of drug-likeness (QED) is 0.873. The molecule has 0 saturated heterocycles. The molecule has 0 bridgehead atoms. The van der Waals surface area contributed by atoms with E-state index in [4.69, 9.17) is 0 Å². The van der Waals surface area contributed by atoms with Crippen molar-refractivity contribution >= 4 is 0 Å². The summed E-state index contributed by atoms with van der Waals surface area (Å²) in [7, 11) is 0. The second-order valence-electron chi connectivity index (χ2n) is 8.31. The first kappa shape index (κ1) is 16.0. The molecule has 122 valence electrons. The van der Waals surface area contributed by atoms with Gasteiger partial charge in [-0.25, -0.2) is 0 Å². The topological polar surface area (TPSA) is 40.5 Å². The molecule has 0 heterocycles. The van der Waals surface area contributed by atoms with Crippen LogP contribution in [0.4, 0.5) is 0 Å². The van der Waals surface area contributed by atoms with Crippen LogP contribution in [0.15, 0.2) is 18.2 Å². The lowest BCUT2D eigenvalue weighted by molar-refractivity contribution is -0.0862. The van der Waals surface area contributed by atoms with Gasteiger partial charge < -0.3 is 10.2 Å². The van der Waals surface area contributed by atoms with Crippen molar-refractivity contribution in [2.24, 2.45) is 11.3 Å². The second-order valence-corrected chi connectivity index (χ2v) is 8.31. The van der Waals surface area contributed by atoms with Gasteiger partial charge >= 0.3 is 0 Å². The Morgan fingerprint density at radius 2 is 1.95 bits per heavy atom. The van der Waals surface area contributed by atoms with Gasteiger partial charge in [0.1, 0.15) is 0 Å². The third-order valence-electron chi connectivity index (χ3n) is 6.69. The van der Waals surface area contributed by atoms with Gasteiger partial charge in [0, 0.05) is 12.0 Å². The van der Waals surface area contributed by atoms with Crippen LogP contribution in [0.3, 0.4) is 0 Å². The fourth-order valence-corrected chi connectivity index (χ4v) is 5.11. The highest BCUT2D eigenvalue weighted by Crippen LogP contribution is 2.57. The van der Waals surface area contributed by atoms with Gasteiger partial charge in [0.2, 0.25) is 0 Å². The molecule has 3 rings (SSSR count). The molecule has 2 heteroatoms. The fourth-order valence-electron chi connectivity index (χ4n) is 5.11. The summed E-state index contributed by atoms with van der Waals surface area (Å²) >= 11 is 0. The van der Waals surface area contributed by atoms with Crippen LogP contribution >= 0.6 is 0 Å². The third kappa shape index (κ3) is 2.15. The highest BCUT2D eigenvalue weighted by atomic mass is 16.3. The smallest absolute Gasteiger partial charge is 0.0637 e. The van der Waals surface area contributed by atoms with E-state index in [9.17, 15) is 10.2 Å². The lowest BCUT2D eigenvalue weighted by atomic mass is 9.49. The number of aryl methyl sites for hydroxylation is 1. The first-order chi connectivity index (χ1) is 10.3. The molecule has 2 aliphatic carbocycles. The molecule has 0 aromatic heterocycles. The summed E-state index contributed by atoms with van der Waals surface area (Å²) in [6.07, 6.45) is 3.54. The average molecular weight is 302 g/mol. The van der Waals surface area contributed by atoms with Crippen LogP contribution in [0, 0.1) is 11.3 Å². The lowest BCUT2D eigenvalue weighted by Crippen LogP contribution is -2.57. The van der Waals surface area contributed by atoms with Crippen molar-refractivity contribution in [1.82, 2.24) is 0 Å². The molecule has 0 aliphatic heterocycles. The van der Waals surface area contributed by atoms with E-state index in [2.05, 4.69) is 45.9 Å². The highest BCUT2D eigenvalue weighted by molar-refractivity contribution is 5.43. The van der Waals surface area contributed by atoms with Gasteiger partial charge in [-0.05, 0) is 59.6 Å². The van der Waals surface area contributed by atoms with Crippen molar-refractivity contribution in [3.05, 3.63) is 34.9 Å². The maximum atomic E-state index is 10.8. The molecule has 1 aromatic carbocycles. The van der Waals surface area contributed by atoms with Crippen LogP contribution in [0.2, 0.25) is 0 Å². The zero-order valence-corrected chi connectivity index (χ0v) is 14.4. The predicted octanol–water partition coefficient (Wildman–Crippen LogP) is 3.78. The van der Waals surface area contributed by atoms with Gasteiger partial charge in [-0.3, -0.25) is 0 Å². The Morgan fingerprint density at radius 1 is 1.23 bits per heavy atom. The first-order valence-electron chi connectivity index (χ1n) is 8.75. The summed E-state index contributed by atoms with van der Waals surface area (Å²) in [6.45, 7) is 9.11. The Bertz CT molecular complexity index is 565. The number of benzene rings is 1. The van der Waals surface area contributed by atoms with E-state index in [-0.39, 0.29) is 23.5 Å². The van der Waals surface area contributed by atoms with Gasteiger partial charge in [-0.2, -0.15) is 0 Å². The van der Waals surface area contributed by atoms with Crippen molar-refractivity contribution in [3.8, 4) is 0 Å². The third-order valence-corrected chi connectivity index (χ3v) is 6.69. The maximum Gasteiger partial charge on any atom is 0.0637 e. The average Bonchev–Trinajstić information content (AvgIpc) is 2.51. The molecule has 0 unspecified atom stereocenters. The number of hydrogen-bond donors (Lipinski definition) is 2. The Hall–Kier alpha value is -0.860. The van der Waals surface area contributed by atoms with Gasteiger partial charge in [0.15, 0.2) is 0 Å². The molecule has 1 aromatic rings. The number of aliphatic hydroxyl groups is 2. The number of rotatable bonds is 2. The van der Waals surface area contributed by atoms with Crippen LogP contribution < -0.4 is 0 Å². The molecule has 2 nitrogen and oxygen atoms in total. The van der Waals surface area contributed by atoms with Crippen LogP contribution in [0.5, 0.6) is 0 Å². The highest BCUT2D eigenvalue weighted by Gasteiger charge is 2.55. The largest absolute Gasteiger partial charge is 0.396 e. The van der Waals surface area contributed by atoms with E-state index in [1.807, 2.05) is 0 Å². The van der Waals surface area contributed by atoms with E-state index < -0.39 is 0 Å². The normalized spacial score (nSPS) is 37.8. The minimum absolute atomic E-state index is 0.0671. The standard InChI is InChI=1S/C20H30O2/c1-13(2)14-5-7-16-15(11-14)6-8-17-19(3,12-21)10-9-18(22)20(16,17)4/h5,7,11,13,17-18,21-22H,6,8-10,12H2,1-4H3/t17-,18-,19-,20+/m0/s1. The molecular formula is C20H30O2. The molecule has 0 radical (unpaired) electrons. The van der Waals surface area contributed by atoms with Crippen molar-refractivity contribution in [1.29, 1.82) is 0 Å². The van der Waals surface area contributed by atoms with E-state index in [0.717, 1.165) is 25.7 Å². The van der Waals surface area contributed by atoms with Gasteiger partial charge in [0.05, 0.1) is 6.10 Å². The summed E-state index contributed by atoms with van der Waals surface area (Å²) in [5.74, 6) is 0.890. The summed E-state index contributed by atoms with van der Waals surface area (Å²) in [5.41, 5.74) is 3.82. The van der Waals surface area contributed by atoms with E-state index in [1.165, 1.54) is 16.7 Å². The Balaban J connectivity index is 2.10. The molecule has 0 amide bonds. The van der Waals surface area contributed by atoms with Crippen molar-refractivity contribution in [2.45, 2.75) is 70.8 Å². The SMILES string of the molecule is CC(C)c1ccc2c(c1)CC[C@H]1[C@](C)(CO)CC[C@H](O)[C@]21C. The van der Waals surface area contributed by atoms with Gasteiger partial charge in [-0.15, -0.1) is 0 Å². The fraction of sp³-hybridized carbons (Fsp3) is 0.700. The Kier molecular flexibility index (Phi) is 3.89.